The smallest absolute Gasteiger partial charge is 0.320 e. The highest BCUT2D eigenvalue weighted by atomic mass is 16.5. The molecular formula is C6H13N5O2. The van der Waals surface area contributed by atoms with Gasteiger partial charge in [0.05, 0.1) is 0 Å². The van der Waals surface area contributed by atoms with Crippen molar-refractivity contribution >= 4 is 5.95 Å². The second-order valence-corrected chi connectivity index (χ2v) is 2.57. The van der Waals surface area contributed by atoms with E-state index < -0.39 is 5.76 Å². The number of anilines is 1. The fraction of sp³-hybridized carbons (Fsp3) is 0.667. The minimum Gasteiger partial charge on any atom is -0.320 e. The predicted octanol–water partition coefficient (Wildman–Crippen LogP) is -1.35. The van der Waals surface area contributed by atoms with Crippen LogP contribution < -0.4 is 21.9 Å². The van der Waals surface area contributed by atoms with Crippen LogP contribution in [-0.2, 0) is 0 Å². The van der Waals surface area contributed by atoms with Crippen molar-refractivity contribution in [2.75, 3.05) is 25.1 Å². The molecule has 0 aliphatic carbocycles. The molecule has 0 saturated carbocycles. The molecule has 1 aromatic rings. The summed E-state index contributed by atoms with van der Waals surface area (Å²) < 4.78 is 4.29. The monoisotopic (exact) mass is 187 g/mol. The molecule has 0 aliphatic rings. The molecule has 0 saturated heterocycles. The molecular weight excluding hydrogens is 174 g/mol. The Morgan fingerprint density at radius 1 is 1.77 bits per heavy atom. The summed E-state index contributed by atoms with van der Waals surface area (Å²) >= 11 is 0. The Bertz CT molecular complexity index is 293. The molecule has 0 aromatic carbocycles. The molecule has 0 bridgehead atoms. The van der Waals surface area contributed by atoms with Gasteiger partial charge in [0.25, 0.3) is 5.95 Å². The number of aromatic nitrogens is 2. The van der Waals surface area contributed by atoms with Crippen molar-refractivity contribution in [3.8, 4) is 0 Å². The molecule has 0 radical (unpaired) electrons. The maximum Gasteiger partial charge on any atom is 0.440 e. The van der Waals surface area contributed by atoms with Crippen LogP contribution in [0.4, 0.5) is 5.95 Å². The normalized spacial score (nSPS) is 10.3. The van der Waals surface area contributed by atoms with Gasteiger partial charge in [-0.25, -0.2) is 10.6 Å². The average Bonchev–Trinajstić information content (AvgIpc) is 2.52. The third-order valence-electron chi connectivity index (χ3n) is 1.53. The van der Waals surface area contributed by atoms with Gasteiger partial charge in [0, 0.05) is 6.54 Å². The number of hydrogen-bond donors (Lipinski definition) is 3. The zero-order valence-electron chi connectivity index (χ0n) is 7.41. The van der Waals surface area contributed by atoms with Crippen LogP contribution in [0.15, 0.2) is 9.32 Å². The van der Waals surface area contributed by atoms with Gasteiger partial charge in [0.1, 0.15) is 0 Å². The second kappa shape index (κ2) is 4.63. The van der Waals surface area contributed by atoms with Crippen molar-refractivity contribution in [1.82, 2.24) is 15.5 Å². The first kappa shape index (κ1) is 9.75. The van der Waals surface area contributed by atoms with Crippen LogP contribution >= 0.6 is 0 Å². The Morgan fingerprint density at radius 2 is 2.54 bits per heavy atom. The first-order valence-corrected chi connectivity index (χ1v) is 3.97. The summed E-state index contributed by atoms with van der Waals surface area (Å²) in [5.74, 6) is 5.21. The van der Waals surface area contributed by atoms with Crippen LogP contribution in [-0.4, -0.2) is 30.3 Å². The summed E-state index contributed by atoms with van der Waals surface area (Å²) in [6, 6.07) is 0. The molecule has 7 heteroatoms. The topological polar surface area (TPSA) is 100 Å². The van der Waals surface area contributed by atoms with E-state index in [9.17, 15) is 4.79 Å². The number of nitrogens with zero attached hydrogens (tertiary/aromatic N) is 2. The Labute approximate surface area is 74.9 Å². The number of rotatable bonds is 5. The minimum atomic E-state index is -0.598. The second-order valence-electron chi connectivity index (χ2n) is 2.57. The van der Waals surface area contributed by atoms with E-state index in [-0.39, 0.29) is 5.95 Å². The molecule has 0 amide bonds. The first-order chi connectivity index (χ1) is 6.24. The lowest BCUT2D eigenvalue weighted by molar-refractivity contribution is 0.386. The SMILES string of the molecule is CNCCCN(N)c1noc(=O)[nH]1. The zero-order valence-corrected chi connectivity index (χ0v) is 7.41. The van der Waals surface area contributed by atoms with Gasteiger partial charge < -0.3 is 5.32 Å². The van der Waals surface area contributed by atoms with Gasteiger partial charge in [-0.05, 0) is 25.2 Å². The van der Waals surface area contributed by atoms with Gasteiger partial charge in [0.15, 0.2) is 0 Å². The summed E-state index contributed by atoms with van der Waals surface area (Å²) in [7, 11) is 1.86. The average molecular weight is 187 g/mol. The molecule has 74 valence electrons. The number of aromatic amines is 1. The highest BCUT2D eigenvalue weighted by Crippen LogP contribution is 1.97. The Hall–Kier alpha value is -1.34. The Morgan fingerprint density at radius 3 is 3.08 bits per heavy atom. The lowest BCUT2D eigenvalue weighted by atomic mass is 10.4. The molecule has 0 unspecified atom stereocenters. The lowest BCUT2D eigenvalue weighted by Gasteiger charge is -2.12. The fourth-order valence-corrected chi connectivity index (χ4v) is 0.878. The molecule has 1 heterocycles. The van der Waals surface area contributed by atoms with Gasteiger partial charge >= 0.3 is 5.76 Å². The molecule has 7 nitrogen and oxygen atoms in total. The van der Waals surface area contributed by atoms with Gasteiger partial charge in [0.2, 0.25) is 0 Å². The molecule has 0 spiro atoms. The summed E-state index contributed by atoms with van der Waals surface area (Å²) in [5.41, 5.74) is 0. The van der Waals surface area contributed by atoms with Crippen molar-refractivity contribution in [3.63, 3.8) is 0 Å². The van der Waals surface area contributed by atoms with E-state index in [0.717, 1.165) is 13.0 Å². The predicted molar refractivity (Wildman–Crippen MR) is 47.2 cm³/mol. The molecule has 4 N–H and O–H groups in total. The van der Waals surface area contributed by atoms with Crippen molar-refractivity contribution in [2.24, 2.45) is 5.84 Å². The van der Waals surface area contributed by atoms with E-state index in [4.69, 9.17) is 5.84 Å². The third-order valence-corrected chi connectivity index (χ3v) is 1.53. The minimum absolute atomic E-state index is 0.251. The van der Waals surface area contributed by atoms with Crippen LogP contribution in [0.25, 0.3) is 0 Å². The third kappa shape index (κ3) is 2.88. The van der Waals surface area contributed by atoms with Gasteiger partial charge in [-0.1, -0.05) is 0 Å². The molecule has 0 atom stereocenters. The summed E-state index contributed by atoms with van der Waals surface area (Å²) in [4.78, 5) is 12.9. The maximum absolute atomic E-state index is 10.5. The molecule has 1 aromatic heterocycles. The number of hydrazine groups is 1. The number of nitrogens with one attached hydrogen (secondary N) is 2. The molecule has 13 heavy (non-hydrogen) atoms. The highest BCUT2D eigenvalue weighted by molar-refractivity contribution is 5.22. The van der Waals surface area contributed by atoms with Crippen molar-refractivity contribution in [2.45, 2.75) is 6.42 Å². The quantitative estimate of drug-likeness (QED) is 0.299. The molecule has 1 rings (SSSR count). The van der Waals surface area contributed by atoms with Crippen LogP contribution in [0.2, 0.25) is 0 Å². The van der Waals surface area contributed by atoms with Gasteiger partial charge in [-0.15, -0.1) is 0 Å². The maximum atomic E-state index is 10.5. The number of nitrogens with two attached hydrogens (primary N) is 1. The standard InChI is InChI=1S/C6H13N5O2/c1-8-3-2-4-11(7)5-9-6(12)13-10-5/h8H,2-4,7H2,1H3,(H,9,10,12). The van der Waals surface area contributed by atoms with Crippen LogP contribution in [0.3, 0.4) is 0 Å². The zero-order chi connectivity index (χ0) is 9.68. The fourth-order valence-electron chi connectivity index (χ4n) is 0.878. The molecule has 0 aliphatic heterocycles. The van der Waals surface area contributed by atoms with Crippen molar-refractivity contribution in [3.05, 3.63) is 10.6 Å². The largest absolute Gasteiger partial charge is 0.440 e. The summed E-state index contributed by atoms with van der Waals surface area (Å²) in [6.07, 6.45) is 0.863. The van der Waals surface area contributed by atoms with Crippen LogP contribution in [0.5, 0.6) is 0 Å². The summed E-state index contributed by atoms with van der Waals surface area (Å²) in [6.45, 7) is 1.46. The number of hydrogen-bond acceptors (Lipinski definition) is 6. The lowest BCUT2D eigenvalue weighted by Crippen LogP contribution is -2.34. The van der Waals surface area contributed by atoms with E-state index >= 15 is 0 Å². The first-order valence-electron chi connectivity index (χ1n) is 3.97. The number of H-pyrrole nitrogens is 1. The van der Waals surface area contributed by atoms with Crippen molar-refractivity contribution < 1.29 is 4.52 Å². The van der Waals surface area contributed by atoms with Gasteiger partial charge in [-0.2, -0.15) is 0 Å². The van der Waals surface area contributed by atoms with E-state index in [1.165, 1.54) is 5.01 Å². The summed E-state index contributed by atoms with van der Waals surface area (Å²) in [5, 5.41) is 7.75. The van der Waals surface area contributed by atoms with Crippen LogP contribution in [0.1, 0.15) is 6.42 Å². The van der Waals surface area contributed by atoms with E-state index in [1.54, 1.807) is 0 Å². The van der Waals surface area contributed by atoms with Crippen LogP contribution in [0, 0.1) is 0 Å². The molecule has 0 fully saturated rings. The van der Waals surface area contributed by atoms with E-state index in [0.29, 0.717) is 6.54 Å². The Kier molecular flexibility index (Phi) is 3.47. The Balaban J connectivity index is 2.39. The van der Waals surface area contributed by atoms with Crippen molar-refractivity contribution in [1.29, 1.82) is 0 Å². The highest BCUT2D eigenvalue weighted by Gasteiger charge is 2.05. The van der Waals surface area contributed by atoms with E-state index in [1.807, 2.05) is 7.05 Å². The van der Waals surface area contributed by atoms with Gasteiger partial charge in [-0.3, -0.25) is 14.5 Å². The van der Waals surface area contributed by atoms with E-state index in [2.05, 4.69) is 20.0 Å².